The number of benzene rings is 2. The summed E-state index contributed by atoms with van der Waals surface area (Å²) in [6, 6.07) is 14.1. The molecule has 1 aliphatic carbocycles. The zero-order valence-corrected chi connectivity index (χ0v) is 22.8. The fourth-order valence-corrected chi connectivity index (χ4v) is 5.24. The fourth-order valence-electron chi connectivity index (χ4n) is 4.94. The molecule has 1 saturated carbocycles. The molecule has 38 heavy (non-hydrogen) atoms. The van der Waals surface area contributed by atoms with Gasteiger partial charge in [-0.3, -0.25) is 9.89 Å². The van der Waals surface area contributed by atoms with Gasteiger partial charge in [-0.25, -0.2) is 4.98 Å². The summed E-state index contributed by atoms with van der Waals surface area (Å²) in [7, 11) is 0. The number of rotatable bonds is 9. The van der Waals surface area contributed by atoms with Crippen LogP contribution in [0.2, 0.25) is 5.02 Å². The number of esters is 1. The van der Waals surface area contributed by atoms with Crippen molar-refractivity contribution < 1.29 is 14.3 Å². The maximum Gasteiger partial charge on any atom is 0.311 e. The molecule has 2 N–H and O–H groups in total. The molecule has 0 spiro atoms. The van der Waals surface area contributed by atoms with E-state index in [1.165, 1.54) is 5.56 Å². The molecule has 0 bridgehead atoms. The first-order valence-electron chi connectivity index (χ1n) is 13.2. The van der Waals surface area contributed by atoms with Crippen molar-refractivity contribution in [1.29, 1.82) is 0 Å². The number of nitrogens with zero attached hydrogens (tertiary/aromatic N) is 3. The first-order valence-corrected chi connectivity index (χ1v) is 13.6. The second kappa shape index (κ2) is 11.6. The molecule has 2 atom stereocenters. The van der Waals surface area contributed by atoms with Gasteiger partial charge in [-0.05, 0) is 62.4 Å². The molecule has 2 unspecified atom stereocenters. The Balaban J connectivity index is 1.17. The highest BCUT2D eigenvalue weighted by Crippen LogP contribution is 2.29. The van der Waals surface area contributed by atoms with E-state index < -0.39 is 0 Å². The summed E-state index contributed by atoms with van der Waals surface area (Å²) in [5.41, 5.74) is 6.64. The van der Waals surface area contributed by atoms with E-state index in [1.807, 2.05) is 63.2 Å². The summed E-state index contributed by atoms with van der Waals surface area (Å²) in [4.78, 5) is 17.5. The molecular formula is C29H34ClN5O3. The fraction of sp³-hybridized carbons (Fsp3) is 0.414. The zero-order chi connectivity index (χ0) is 26.6. The molecule has 0 aliphatic heterocycles. The first-order chi connectivity index (χ1) is 18.4. The second-order valence-corrected chi connectivity index (χ2v) is 10.3. The molecule has 2 aromatic carbocycles. The minimum absolute atomic E-state index is 0.156. The number of halogens is 1. The molecule has 0 amide bonds. The van der Waals surface area contributed by atoms with E-state index in [0.717, 1.165) is 60.2 Å². The van der Waals surface area contributed by atoms with E-state index >= 15 is 0 Å². The number of hydrogen-bond acceptors (Lipinski definition) is 6. The highest BCUT2D eigenvalue weighted by atomic mass is 35.5. The van der Waals surface area contributed by atoms with Crippen LogP contribution in [0.5, 0.6) is 0 Å². The number of aryl methyl sites for hydroxylation is 3. The number of carbonyl (C=O) groups excluding carboxylic acids is 1. The quantitative estimate of drug-likeness (QED) is 0.194. The minimum atomic E-state index is -0.240. The number of aromatic amines is 1. The van der Waals surface area contributed by atoms with Gasteiger partial charge >= 0.3 is 5.97 Å². The Hall–Kier alpha value is -3.36. The molecular weight excluding hydrogens is 502 g/mol. The molecule has 1 aliphatic rings. The number of fused-ring (bicyclic) bond motifs is 1. The lowest BCUT2D eigenvalue weighted by Crippen LogP contribution is -2.36. The maximum atomic E-state index is 12.9. The van der Waals surface area contributed by atoms with Crippen molar-refractivity contribution in [3.63, 3.8) is 0 Å². The number of hydrogen-bond donors (Lipinski definition) is 2. The van der Waals surface area contributed by atoms with Gasteiger partial charge in [0.2, 0.25) is 0 Å². The highest BCUT2D eigenvalue weighted by Gasteiger charge is 2.33. The molecule has 0 saturated heterocycles. The predicted octanol–water partition coefficient (Wildman–Crippen LogP) is 6.25. The number of anilines is 1. The average molecular weight is 536 g/mol. The molecule has 2 aromatic heterocycles. The number of nitrogens with one attached hydrogen (secondary N) is 2. The molecule has 4 aromatic rings. The summed E-state index contributed by atoms with van der Waals surface area (Å²) in [5.74, 6) is 0.197. The van der Waals surface area contributed by atoms with Gasteiger partial charge in [0, 0.05) is 11.3 Å². The van der Waals surface area contributed by atoms with Gasteiger partial charge in [0.15, 0.2) is 11.5 Å². The van der Waals surface area contributed by atoms with Gasteiger partial charge in [-0.15, -0.1) is 5.10 Å². The summed E-state index contributed by atoms with van der Waals surface area (Å²) >= 11 is 6.41. The lowest BCUT2D eigenvalue weighted by molar-refractivity contribution is -0.157. The third-order valence-electron chi connectivity index (χ3n) is 7.21. The van der Waals surface area contributed by atoms with E-state index in [9.17, 15) is 4.79 Å². The second-order valence-electron chi connectivity index (χ2n) is 9.97. The van der Waals surface area contributed by atoms with Crippen LogP contribution in [0.4, 0.5) is 5.69 Å². The Morgan fingerprint density at radius 1 is 1.16 bits per heavy atom. The van der Waals surface area contributed by atoms with Crippen LogP contribution in [-0.2, 0) is 27.3 Å². The van der Waals surface area contributed by atoms with E-state index in [-0.39, 0.29) is 18.0 Å². The summed E-state index contributed by atoms with van der Waals surface area (Å²) in [6.45, 7) is 6.71. The number of aromatic nitrogens is 4. The number of carbonyl (C=O) groups is 1. The SMILES string of the molecule is CCc1[nH]n2nc(-c3ccc(NCOC4CCCCC4C(=O)OCc4ccc(C)cc4)c(C)c3)nc2c1Cl. The van der Waals surface area contributed by atoms with E-state index in [1.54, 1.807) is 4.63 Å². The molecule has 8 nitrogen and oxygen atoms in total. The van der Waals surface area contributed by atoms with Crippen molar-refractivity contribution in [2.24, 2.45) is 5.92 Å². The Morgan fingerprint density at radius 2 is 1.95 bits per heavy atom. The minimum Gasteiger partial charge on any atom is -0.461 e. The van der Waals surface area contributed by atoms with Gasteiger partial charge in [-0.1, -0.05) is 61.2 Å². The normalized spacial score (nSPS) is 17.6. The van der Waals surface area contributed by atoms with Crippen LogP contribution in [0, 0.1) is 19.8 Å². The van der Waals surface area contributed by atoms with Crippen molar-refractivity contribution in [2.45, 2.75) is 65.6 Å². The van der Waals surface area contributed by atoms with Gasteiger partial charge in [0.1, 0.15) is 18.4 Å². The van der Waals surface area contributed by atoms with E-state index in [2.05, 4.69) is 20.5 Å². The molecule has 9 heteroatoms. The highest BCUT2D eigenvalue weighted by molar-refractivity contribution is 6.34. The van der Waals surface area contributed by atoms with Gasteiger partial charge in [0.05, 0.1) is 17.7 Å². The van der Waals surface area contributed by atoms with Crippen molar-refractivity contribution in [3.8, 4) is 11.4 Å². The lowest BCUT2D eigenvalue weighted by atomic mass is 9.86. The van der Waals surface area contributed by atoms with E-state index in [4.69, 9.17) is 21.1 Å². The Labute approximate surface area is 227 Å². The molecule has 200 valence electrons. The summed E-state index contributed by atoms with van der Waals surface area (Å²) in [6.07, 6.45) is 4.34. The van der Waals surface area contributed by atoms with Gasteiger partial charge < -0.3 is 14.8 Å². The third-order valence-corrected chi connectivity index (χ3v) is 7.61. The average Bonchev–Trinajstić information content (AvgIpc) is 3.48. The van der Waals surface area contributed by atoms with Crippen molar-refractivity contribution in [2.75, 3.05) is 12.0 Å². The summed E-state index contributed by atoms with van der Waals surface area (Å²) < 4.78 is 13.4. The zero-order valence-electron chi connectivity index (χ0n) is 22.1. The largest absolute Gasteiger partial charge is 0.461 e. The van der Waals surface area contributed by atoms with Crippen molar-refractivity contribution in [3.05, 3.63) is 69.9 Å². The van der Waals surface area contributed by atoms with Crippen LogP contribution in [0.25, 0.3) is 17.0 Å². The predicted molar refractivity (Wildman–Crippen MR) is 148 cm³/mol. The molecule has 0 radical (unpaired) electrons. The number of ether oxygens (including phenoxy) is 2. The standard InChI is InChI=1S/C29H34ClN5O3/c1-4-23-26(30)28-32-27(34-35(28)33-23)21-13-14-24(19(3)15-21)31-17-38-25-8-6-5-7-22(25)29(36)37-16-20-11-9-18(2)10-12-20/h9-15,22,25,31,33H,4-8,16-17H2,1-3H3. The lowest BCUT2D eigenvalue weighted by Gasteiger charge is -2.30. The van der Waals surface area contributed by atoms with Crippen LogP contribution in [0.15, 0.2) is 42.5 Å². The first kappa shape index (κ1) is 26.3. The van der Waals surface area contributed by atoms with Crippen molar-refractivity contribution in [1.82, 2.24) is 19.8 Å². The molecule has 1 fully saturated rings. The topological polar surface area (TPSA) is 93.5 Å². The Kier molecular flexibility index (Phi) is 8.00. The van der Waals surface area contributed by atoms with Crippen LogP contribution >= 0.6 is 11.6 Å². The Bertz CT molecular complexity index is 1410. The summed E-state index contributed by atoms with van der Waals surface area (Å²) in [5, 5.41) is 11.7. The van der Waals surface area contributed by atoms with Gasteiger partial charge in [0.25, 0.3) is 0 Å². The third kappa shape index (κ3) is 5.71. The maximum absolute atomic E-state index is 12.9. The smallest absolute Gasteiger partial charge is 0.311 e. The van der Waals surface area contributed by atoms with Crippen LogP contribution in [0.1, 0.15) is 55.0 Å². The van der Waals surface area contributed by atoms with E-state index in [0.29, 0.717) is 29.8 Å². The monoisotopic (exact) mass is 535 g/mol. The van der Waals surface area contributed by atoms with Crippen molar-refractivity contribution >= 4 is 28.9 Å². The Morgan fingerprint density at radius 3 is 2.68 bits per heavy atom. The van der Waals surface area contributed by atoms with Gasteiger partial charge in [-0.2, -0.15) is 4.63 Å². The van der Waals surface area contributed by atoms with Crippen LogP contribution in [-0.4, -0.2) is 38.6 Å². The number of H-pyrrole nitrogens is 1. The molecule has 5 rings (SSSR count). The molecule has 2 heterocycles. The van der Waals surface area contributed by atoms with Crippen LogP contribution in [0.3, 0.4) is 0 Å². The van der Waals surface area contributed by atoms with Crippen LogP contribution < -0.4 is 5.32 Å².